The molecule has 0 saturated carbocycles. The first-order chi connectivity index (χ1) is 6.17. The summed E-state index contributed by atoms with van der Waals surface area (Å²) in [5.41, 5.74) is 0. The van der Waals surface area contributed by atoms with E-state index in [1.807, 2.05) is 6.92 Å². The Bertz CT molecular complexity index is 184. The molecule has 1 rings (SSSR count). The quantitative estimate of drug-likeness (QED) is 0.666. The van der Waals surface area contributed by atoms with E-state index in [1.165, 1.54) is 0 Å². The van der Waals surface area contributed by atoms with Gasteiger partial charge in [0.15, 0.2) is 0 Å². The van der Waals surface area contributed by atoms with Crippen molar-refractivity contribution in [3.8, 4) is 0 Å². The zero-order chi connectivity index (χ0) is 9.84. The van der Waals surface area contributed by atoms with Gasteiger partial charge in [-0.3, -0.25) is 4.79 Å². The average molecular weight is 187 g/mol. The second kappa shape index (κ2) is 4.58. The van der Waals surface area contributed by atoms with Gasteiger partial charge in [-0.25, -0.2) is 0 Å². The number of hydrogen-bond acceptors (Lipinski definition) is 3. The molecule has 1 aliphatic rings. The van der Waals surface area contributed by atoms with Gasteiger partial charge < -0.3 is 14.7 Å². The van der Waals surface area contributed by atoms with E-state index in [0.717, 1.165) is 0 Å². The number of amides is 1. The highest BCUT2D eigenvalue weighted by Crippen LogP contribution is 2.17. The predicted octanol–water partition coefficient (Wildman–Crippen LogP) is -0.138. The van der Waals surface area contributed by atoms with Gasteiger partial charge in [0.2, 0.25) is 5.91 Å². The SMILES string of the molecule is COC(C)CN1CC(CO)CC1=O. The molecule has 1 heterocycles. The van der Waals surface area contributed by atoms with Crippen molar-refractivity contribution >= 4 is 5.91 Å². The summed E-state index contributed by atoms with van der Waals surface area (Å²) in [6.45, 7) is 3.33. The number of aliphatic hydroxyl groups is 1. The molecular formula is C9H17NO3. The van der Waals surface area contributed by atoms with E-state index < -0.39 is 0 Å². The molecule has 0 aliphatic carbocycles. The number of rotatable bonds is 4. The van der Waals surface area contributed by atoms with Crippen molar-refractivity contribution in [2.45, 2.75) is 19.4 Å². The summed E-state index contributed by atoms with van der Waals surface area (Å²) >= 11 is 0. The van der Waals surface area contributed by atoms with Crippen molar-refractivity contribution in [2.24, 2.45) is 5.92 Å². The van der Waals surface area contributed by atoms with Crippen LogP contribution in [0.1, 0.15) is 13.3 Å². The Balaban J connectivity index is 2.39. The van der Waals surface area contributed by atoms with Crippen molar-refractivity contribution in [1.82, 2.24) is 4.90 Å². The summed E-state index contributed by atoms with van der Waals surface area (Å²) in [6.07, 6.45) is 0.550. The molecule has 1 N–H and O–H groups in total. The first kappa shape index (κ1) is 10.5. The van der Waals surface area contributed by atoms with Crippen LogP contribution in [0.2, 0.25) is 0 Å². The topological polar surface area (TPSA) is 49.8 Å². The Kier molecular flexibility index (Phi) is 3.69. The molecule has 1 amide bonds. The van der Waals surface area contributed by atoms with Crippen LogP contribution in [-0.2, 0) is 9.53 Å². The van der Waals surface area contributed by atoms with Gasteiger partial charge in [-0.1, -0.05) is 0 Å². The summed E-state index contributed by atoms with van der Waals surface area (Å²) in [7, 11) is 1.63. The fourth-order valence-electron chi connectivity index (χ4n) is 1.54. The van der Waals surface area contributed by atoms with Crippen LogP contribution in [0.25, 0.3) is 0 Å². The Hall–Kier alpha value is -0.610. The molecule has 2 atom stereocenters. The monoisotopic (exact) mass is 187 g/mol. The normalized spacial score (nSPS) is 25.3. The summed E-state index contributed by atoms with van der Waals surface area (Å²) < 4.78 is 5.07. The van der Waals surface area contributed by atoms with E-state index in [1.54, 1.807) is 12.0 Å². The van der Waals surface area contributed by atoms with Crippen molar-refractivity contribution in [3.05, 3.63) is 0 Å². The van der Waals surface area contributed by atoms with Crippen LogP contribution in [0.3, 0.4) is 0 Å². The molecule has 0 radical (unpaired) electrons. The molecule has 0 aromatic carbocycles. The van der Waals surface area contributed by atoms with Gasteiger partial charge in [0.25, 0.3) is 0 Å². The Morgan fingerprint density at radius 2 is 2.46 bits per heavy atom. The molecule has 76 valence electrons. The Morgan fingerprint density at radius 3 is 2.92 bits per heavy atom. The number of nitrogens with zero attached hydrogens (tertiary/aromatic N) is 1. The van der Waals surface area contributed by atoms with Crippen LogP contribution >= 0.6 is 0 Å². The summed E-state index contributed by atoms with van der Waals surface area (Å²) in [5, 5.41) is 8.88. The number of aliphatic hydroxyl groups excluding tert-OH is 1. The maximum absolute atomic E-state index is 11.4. The molecule has 0 spiro atoms. The zero-order valence-electron chi connectivity index (χ0n) is 8.19. The molecule has 0 aromatic heterocycles. The maximum atomic E-state index is 11.4. The molecule has 13 heavy (non-hydrogen) atoms. The molecule has 1 saturated heterocycles. The largest absolute Gasteiger partial charge is 0.396 e. The predicted molar refractivity (Wildman–Crippen MR) is 48.2 cm³/mol. The molecule has 2 unspecified atom stereocenters. The second-order valence-corrected chi connectivity index (χ2v) is 3.60. The van der Waals surface area contributed by atoms with E-state index >= 15 is 0 Å². The van der Waals surface area contributed by atoms with Crippen LogP contribution in [0.4, 0.5) is 0 Å². The Morgan fingerprint density at radius 1 is 1.77 bits per heavy atom. The zero-order valence-corrected chi connectivity index (χ0v) is 8.19. The standard InChI is InChI=1S/C9H17NO3/c1-7(13-2)4-10-5-8(6-11)3-9(10)12/h7-8,11H,3-6H2,1-2H3. The van der Waals surface area contributed by atoms with Gasteiger partial charge in [-0.2, -0.15) is 0 Å². The number of methoxy groups -OCH3 is 1. The fourth-order valence-corrected chi connectivity index (χ4v) is 1.54. The lowest BCUT2D eigenvalue weighted by molar-refractivity contribution is -0.129. The van der Waals surface area contributed by atoms with Crippen LogP contribution in [0.5, 0.6) is 0 Å². The van der Waals surface area contributed by atoms with Crippen molar-refractivity contribution < 1.29 is 14.6 Å². The number of likely N-dealkylation sites (tertiary alicyclic amines) is 1. The average Bonchev–Trinajstić information content (AvgIpc) is 2.47. The molecule has 4 nitrogen and oxygen atoms in total. The number of carbonyl (C=O) groups excluding carboxylic acids is 1. The lowest BCUT2D eigenvalue weighted by Crippen LogP contribution is -2.33. The van der Waals surface area contributed by atoms with Gasteiger partial charge >= 0.3 is 0 Å². The second-order valence-electron chi connectivity index (χ2n) is 3.60. The first-order valence-electron chi connectivity index (χ1n) is 4.58. The van der Waals surface area contributed by atoms with Gasteiger partial charge in [-0.15, -0.1) is 0 Å². The maximum Gasteiger partial charge on any atom is 0.223 e. The third-order valence-electron chi connectivity index (χ3n) is 2.43. The van der Waals surface area contributed by atoms with Crippen molar-refractivity contribution in [2.75, 3.05) is 26.8 Å². The van der Waals surface area contributed by atoms with Crippen LogP contribution in [-0.4, -0.2) is 48.8 Å². The smallest absolute Gasteiger partial charge is 0.223 e. The first-order valence-corrected chi connectivity index (χ1v) is 4.58. The lowest BCUT2D eigenvalue weighted by atomic mass is 10.1. The highest BCUT2D eigenvalue weighted by molar-refractivity contribution is 5.78. The Labute approximate surface area is 78.5 Å². The molecule has 0 bridgehead atoms. The van der Waals surface area contributed by atoms with E-state index in [4.69, 9.17) is 9.84 Å². The van der Waals surface area contributed by atoms with Crippen LogP contribution in [0, 0.1) is 5.92 Å². The van der Waals surface area contributed by atoms with E-state index in [2.05, 4.69) is 0 Å². The highest BCUT2D eigenvalue weighted by Gasteiger charge is 2.29. The van der Waals surface area contributed by atoms with Gasteiger partial charge in [-0.05, 0) is 6.92 Å². The molecule has 1 fully saturated rings. The minimum Gasteiger partial charge on any atom is -0.396 e. The summed E-state index contributed by atoms with van der Waals surface area (Å²) in [5.74, 6) is 0.250. The van der Waals surface area contributed by atoms with Gasteiger partial charge in [0, 0.05) is 39.1 Å². The number of carbonyl (C=O) groups is 1. The van der Waals surface area contributed by atoms with Crippen molar-refractivity contribution in [1.29, 1.82) is 0 Å². The van der Waals surface area contributed by atoms with Gasteiger partial charge in [0.1, 0.15) is 0 Å². The number of ether oxygens (including phenoxy) is 1. The van der Waals surface area contributed by atoms with Gasteiger partial charge in [0.05, 0.1) is 6.10 Å². The van der Waals surface area contributed by atoms with Crippen molar-refractivity contribution in [3.63, 3.8) is 0 Å². The molecule has 0 aromatic rings. The van der Waals surface area contributed by atoms with Crippen LogP contribution in [0.15, 0.2) is 0 Å². The summed E-state index contributed by atoms with van der Waals surface area (Å²) in [6, 6.07) is 0. The van der Waals surface area contributed by atoms with E-state index in [0.29, 0.717) is 19.5 Å². The number of hydrogen-bond donors (Lipinski definition) is 1. The minimum absolute atomic E-state index is 0.0707. The molecule has 1 aliphatic heterocycles. The highest BCUT2D eigenvalue weighted by atomic mass is 16.5. The minimum atomic E-state index is 0.0707. The third kappa shape index (κ3) is 2.67. The van der Waals surface area contributed by atoms with Crippen LogP contribution < -0.4 is 0 Å². The molecule has 4 heteroatoms. The fraction of sp³-hybridized carbons (Fsp3) is 0.889. The lowest BCUT2D eigenvalue weighted by Gasteiger charge is -2.19. The third-order valence-corrected chi connectivity index (χ3v) is 2.43. The van der Waals surface area contributed by atoms with E-state index in [9.17, 15) is 4.79 Å². The molecular weight excluding hydrogens is 170 g/mol. The van der Waals surface area contributed by atoms with E-state index in [-0.39, 0.29) is 24.5 Å². The summed E-state index contributed by atoms with van der Waals surface area (Å²) in [4.78, 5) is 13.1.